The van der Waals surface area contributed by atoms with E-state index in [2.05, 4.69) is 32.4 Å². The first-order valence-corrected chi connectivity index (χ1v) is 16.4. The van der Waals surface area contributed by atoms with Crippen LogP contribution in [0.25, 0.3) is 5.57 Å². The summed E-state index contributed by atoms with van der Waals surface area (Å²) in [5.74, 6) is 0.918. The van der Waals surface area contributed by atoms with Crippen molar-refractivity contribution in [2.45, 2.75) is 57.0 Å². The minimum atomic E-state index is -0.107. The standard InChI is InChI=1S/C35H42ClN7O3/c1-21-18-28(37)31(32(38-2)25-6-4-5-7-27(25)36)33-26(21)20-39-35(42-33)41-29-9-8-22(19-30(29)45-3)34(44)40-23-10-14-43(15-11-23)24-12-16-46-17-13-24/h4-9,19-21,23-24H,10-18,37H2,1-3H3,(H,40,44)(H,39,41,42). The zero-order valence-corrected chi connectivity index (χ0v) is 27.4. The van der Waals surface area contributed by atoms with Crippen LogP contribution in [-0.4, -0.2) is 79.0 Å². The van der Waals surface area contributed by atoms with Gasteiger partial charge in [-0.1, -0.05) is 36.7 Å². The van der Waals surface area contributed by atoms with E-state index in [4.69, 9.17) is 31.8 Å². The number of hydrogen-bond donors (Lipinski definition) is 3. The highest BCUT2D eigenvalue weighted by Gasteiger charge is 2.30. The lowest BCUT2D eigenvalue weighted by Crippen LogP contribution is -2.49. The van der Waals surface area contributed by atoms with E-state index >= 15 is 0 Å². The highest BCUT2D eigenvalue weighted by atomic mass is 35.5. The minimum Gasteiger partial charge on any atom is -0.495 e. The first-order chi connectivity index (χ1) is 22.4. The Hall–Kier alpha value is -3.99. The molecule has 2 fully saturated rings. The van der Waals surface area contributed by atoms with Crippen LogP contribution in [0.3, 0.4) is 0 Å². The van der Waals surface area contributed by atoms with Crippen LogP contribution in [0.15, 0.2) is 59.4 Å². The van der Waals surface area contributed by atoms with Gasteiger partial charge in [-0.2, -0.15) is 0 Å². The molecule has 1 aliphatic carbocycles. The molecule has 2 aromatic carbocycles. The van der Waals surface area contributed by atoms with Crippen molar-refractivity contribution in [2.24, 2.45) is 10.7 Å². The molecule has 0 spiro atoms. The molecule has 1 atom stereocenters. The van der Waals surface area contributed by atoms with Gasteiger partial charge in [-0.25, -0.2) is 9.97 Å². The molecule has 3 aromatic rings. The van der Waals surface area contributed by atoms with Gasteiger partial charge in [0.05, 0.1) is 24.2 Å². The molecular weight excluding hydrogens is 602 g/mol. The number of nitrogens with one attached hydrogen (secondary N) is 2. The molecule has 3 aliphatic rings. The summed E-state index contributed by atoms with van der Waals surface area (Å²) < 4.78 is 11.2. The molecule has 4 N–H and O–H groups in total. The van der Waals surface area contributed by atoms with Crippen molar-refractivity contribution in [3.63, 3.8) is 0 Å². The van der Waals surface area contributed by atoms with Gasteiger partial charge in [0.1, 0.15) is 5.75 Å². The van der Waals surface area contributed by atoms with Gasteiger partial charge < -0.3 is 30.7 Å². The lowest BCUT2D eigenvalue weighted by molar-refractivity contribution is 0.0238. The number of halogens is 1. The third-order valence-corrected chi connectivity index (χ3v) is 9.63. The Morgan fingerprint density at radius 1 is 1.13 bits per heavy atom. The number of methoxy groups -OCH3 is 1. The van der Waals surface area contributed by atoms with Gasteiger partial charge in [-0.05, 0) is 62.3 Å². The first-order valence-electron chi connectivity index (χ1n) is 16.0. The van der Waals surface area contributed by atoms with E-state index in [9.17, 15) is 4.79 Å². The number of allylic oxidation sites excluding steroid dienone is 2. The predicted molar refractivity (Wildman–Crippen MR) is 182 cm³/mol. The second-order valence-corrected chi connectivity index (χ2v) is 12.6. The van der Waals surface area contributed by atoms with Crippen LogP contribution in [0.4, 0.5) is 11.6 Å². The highest BCUT2D eigenvalue weighted by Crippen LogP contribution is 2.39. The molecule has 3 heterocycles. The molecular formula is C35H42ClN7O3. The number of nitrogens with two attached hydrogens (primary N) is 1. The SMILES string of the molecule is CN=C(C1=C(N)CC(C)c2cnc(Nc3ccc(C(=O)NC4CCN(C5CCOCC5)CC4)cc3OC)nc21)c1ccccc1Cl. The van der Waals surface area contributed by atoms with Crippen molar-refractivity contribution in [2.75, 3.05) is 45.8 Å². The summed E-state index contributed by atoms with van der Waals surface area (Å²) in [5, 5.41) is 7.11. The molecule has 46 heavy (non-hydrogen) atoms. The third-order valence-electron chi connectivity index (χ3n) is 9.30. The van der Waals surface area contributed by atoms with Crippen LogP contribution in [0.1, 0.15) is 72.1 Å². The van der Waals surface area contributed by atoms with Crippen LogP contribution >= 0.6 is 11.6 Å². The first kappa shape index (κ1) is 32.0. The van der Waals surface area contributed by atoms with E-state index in [0.717, 1.165) is 68.7 Å². The van der Waals surface area contributed by atoms with Gasteiger partial charge in [-0.15, -0.1) is 0 Å². The van der Waals surface area contributed by atoms with Crippen molar-refractivity contribution in [1.82, 2.24) is 20.2 Å². The van der Waals surface area contributed by atoms with E-state index < -0.39 is 0 Å². The average molecular weight is 644 g/mol. The normalized spacial score (nSPS) is 19.9. The van der Waals surface area contributed by atoms with E-state index in [-0.39, 0.29) is 17.9 Å². The monoisotopic (exact) mass is 643 g/mol. The van der Waals surface area contributed by atoms with Crippen molar-refractivity contribution in [3.05, 3.63) is 81.8 Å². The Morgan fingerprint density at radius 3 is 2.61 bits per heavy atom. The quantitative estimate of drug-likeness (QED) is 0.273. The van der Waals surface area contributed by atoms with Crippen molar-refractivity contribution >= 4 is 40.4 Å². The second-order valence-electron chi connectivity index (χ2n) is 12.2. The number of hydrogen-bond acceptors (Lipinski definition) is 9. The minimum absolute atomic E-state index is 0.107. The van der Waals surface area contributed by atoms with Crippen LogP contribution in [-0.2, 0) is 4.74 Å². The number of carbonyl (C=O) groups is 1. The number of aliphatic imine (C=N–C) groups is 1. The van der Waals surface area contributed by atoms with Gasteiger partial charge in [0, 0.05) is 84.6 Å². The molecule has 1 aromatic heterocycles. The summed E-state index contributed by atoms with van der Waals surface area (Å²) in [6.07, 6.45) is 6.56. The predicted octanol–water partition coefficient (Wildman–Crippen LogP) is 5.55. The number of nitrogens with zero attached hydrogens (tertiary/aromatic N) is 4. The number of likely N-dealkylation sites (tertiary alicyclic amines) is 1. The summed E-state index contributed by atoms with van der Waals surface area (Å²) in [6.45, 7) is 5.79. The van der Waals surface area contributed by atoms with E-state index in [1.165, 1.54) is 0 Å². The second kappa shape index (κ2) is 14.2. The smallest absolute Gasteiger partial charge is 0.251 e. The van der Waals surface area contributed by atoms with Gasteiger partial charge in [0.2, 0.25) is 5.95 Å². The zero-order valence-electron chi connectivity index (χ0n) is 26.7. The lowest BCUT2D eigenvalue weighted by atomic mass is 9.83. The van der Waals surface area contributed by atoms with Gasteiger partial charge in [-0.3, -0.25) is 9.79 Å². The van der Waals surface area contributed by atoms with Gasteiger partial charge in [0.15, 0.2) is 0 Å². The van der Waals surface area contributed by atoms with Crippen LogP contribution < -0.4 is 21.1 Å². The summed E-state index contributed by atoms with van der Waals surface area (Å²) in [7, 11) is 3.31. The van der Waals surface area contributed by atoms with Crippen LogP contribution in [0.5, 0.6) is 5.75 Å². The number of anilines is 2. The lowest BCUT2D eigenvalue weighted by Gasteiger charge is -2.39. The summed E-state index contributed by atoms with van der Waals surface area (Å²) in [5.41, 5.74) is 12.5. The Labute approximate surface area is 275 Å². The molecule has 0 radical (unpaired) electrons. The number of piperidine rings is 1. The Kier molecular flexibility index (Phi) is 9.86. The van der Waals surface area contributed by atoms with Crippen molar-refractivity contribution in [3.8, 4) is 5.75 Å². The highest BCUT2D eigenvalue weighted by molar-refractivity contribution is 6.40. The van der Waals surface area contributed by atoms with Crippen molar-refractivity contribution < 1.29 is 14.3 Å². The fourth-order valence-electron chi connectivity index (χ4n) is 6.77. The molecule has 0 bridgehead atoms. The van der Waals surface area contributed by atoms with Crippen molar-refractivity contribution in [1.29, 1.82) is 0 Å². The Balaban J connectivity index is 1.18. The number of aromatic nitrogens is 2. The Bertz CT molecular complexity index is 1640. The summed E-state index contributed by atoms with van der Waals surface area (Å²) >= 11 is 6.58. The fourth-order valence-corrected chi connectivity index (χ4v) is 7.00. The fraction of sp³-hybridized carbons (Fsp3) is 0.429. The zero-order chi connectivity index (χ0) is 32.2. The summed E-state index contributed by atoms with van der Waals surface area (Å²) in [4.78, 5) is 30.0. The molecule has 0 saturated carbocycles. The molecule has 11 heteroatoms. The number of carbonyl (C=O) groups excluding carboxylic acids is 1. The van der Waals surface area contributed by atoms with Gasteiger partial charge in [0.25, 0.3) is 5.91 Å². The maximum absolute atomic E-state index is 13.2. The molecule has 1 amide bonds. The van der Waals surface area contributed by atoms with E-state index in [1.807, 2.05) is 36.5 Å². The molecule has 242 valence electrons. The molecule has 2 saturated heterocycles. The summed E-state index contributed by atoms with van der Waals surface area (Å²) in [6, 6.07) is 13.7. The molecule has 2 aliphatic heterocycles. The van der Waals surface area contributed by atoms with E-state index in [1.54, 1.807) is 26.3 Å². The third kappa shape index (κ3) is 6.74. The molecule has 10 nitrogen and oxygen atoms in total. The topological polar surface area (TPSA) is 127 Å². The maximum Gasteiger partial charge on any atom is 0.251 e. The van der Waals surface area contributed by atoms with Crippen LogP contribution in [0, 0.1) is 0 Å². The molecule has 1 unspecified atom stereocenters. The molecule has 6 rings (SSSR count). The number of rotatable bonds is 8. The van der Waals surface area contributed by atoms with E-state index in [0.29, 0.717) is 57.5 Å². The maximum atomic E-state index is 13.2. The Morgan fingerprint density at radius 2 is 1.89 bits per heavy atom. The largest absolute Gasteiger partial charge is 0.495 e. The number of ether oxygens (including phenoxy) is 2. The number of fused-ring (bicyclic) bond motifs is 1. The van der Waals surface area contributed by atoms with Gasteiger partial charge >= 0.3 is 0 Å². The number of benzene rings is 2. The van der Waals surface area contributed by atoms with Crippen LogP contribution in [0.2, 0.25) is 5.02 Å². The average Bonchev–Trinajstić information content (AvgIpc) is 3.08. The number of amides is 1.